The molecule has 0 bridgehead atoms. The summed E-state index contributed by atoms with van der Waals surface area (Å²) in [6.45, 7) is 6.26. The molecule has 96 valence electrons. The van der Waals surface area contributed by atoms with Gasteiger partial charge in [0.15, 0.2) is 0 Å². The van der Waals surface area contributed by atoms with Crippen LogP contribution in [0.5, 0.6) is 0 Å². The van der Waals surface area contributed by atoms with Crippen molar-refractivity contribution < 1.29 is 10.2 Å². The Morgan fingerprint density at radius 3 is 1.88 bits per heavy atom. The quantitative estimate of drug-likeness (QED) is 0.595. The largest absolute Gasteiger partial charge is 0.393 e. The van der Waals surface area contributed by atoms with E-state index in [9.17, 15) is 10.2 Å². The molecule has 0 heterocycles. The summed E-state index contributed by atoms with van der Waals surface area (Å²) in [7, 11) is 0. The van der Waals surface area contributed by atoms with E-state index < -0.39 is 0 Å². The third-order valence-corrected chi connectivity index (χ3v) is 2.71. The summed E-state index contributed by atoms with van der Waals surface area (Å²) < 4.78 is 0. The van der Waals surface area contributed by atoms with Crippen LogP contribution < -0.4 is 0 Å². The zero-order valence-corrected chi connectivity index (χ0v) is 11.0. The van der Waals surface area contributed by atoms with Crippen LogP contribution in [-0.4, -0.2) is 22.4 Å². The van der Waals surface area contributed by atoms with E-state index >= 15 is 0 Å². The van der Waals surface area contributed by atoms with Gasteiger partial charge in [-0.2, -0.15) is 0 Å². The lowest BCUT2D eigenvalue weighted by molar-refractivity contribution is 0.140. The van der Waals surface area contributed by atoms with E-state index in [4.69, 9.17) is 0 Å². The molecule has 0 aromatic rings. The van der Waals surface area contributed by atoms with Crippen molar-refractivity contribution in [2.45, 2.75) is 71.5 Å². The predicted molar refractivity (Wildman–Crippen MR) is 69.4 cm³/mol. The van der Waals surface area contributed by atoms with Crippen LogP contribution in [0.3, 0.4) is 0 Å². The summed E-state index contributed by atoms with van der Waals surface area (Å²) >= 11 is 0. The Labute approximate surface area is 100 Å². The van der Waals surface area contributed by atoms with Gasteiger partial charge in [-0.15, -0.1) is 0 Å². The maximum absolute atomic E-state index is 9.63. The first-order chi connectivity index (χ1) is 7.56. The summed E-state index contributed by atoms with van der Waals surface area (Å²) in [5.74, 6) is 0.568. The Kier molecular flexibility index (Phi) is 9.65. The zero-order chi connectivity index (χ0) is 12.4. The van der Waals surface area contributed by atoms with Gasteiger partial charge in [0.05, 0.1) is 12.2 Å². The molecule has 0 amide bonds. The molecule has 0 fully saturated rings. The molecule has 0 spiro atoms. The van der Waals surface area contributed by atoms with Crippen LogP contribution in [0.25, 0.3) is 0 Å². The Hall–Kier alpha value is -0.340. The second-order valence-electron chi connectivity index (χ2n) is 4.97. The normalized spacial score (nSPS) is 15.9. The fourth-order valence-corrected chi connectivity index (χ4v) is 1.68. The van der Waals surface area contributed by atoms with Gasteiger partial charge in [-0.25, -0.2) is 0 Å². The van der Waals surface area contributed by atoms with Gasteiger partial charge in [0.25, 0.3) is 0 Å². The molecule has 0 aliphatic rings. The number of hydrogen-bond acceptors (Lipinski definition) is 2. The molecule has 0 rings (SSSR count). The Balaban J connectivity index is 3.40. The van der Waals surface area contributed by atoms with Gasteiger partial charge in [-0.05, 0) is 44.4 Å². The SMILES string of the molecule is CCC(O)CC/C=C/CCC(O)CC(C)C. The van der Waals surface area contributed by atoms with E-state index in [1.54, 1.807) is 0 Å². The minimum atomic E-state index is -0.161. The summed E-state index contributed by atoms with van der Waals surface area (Å²) in [5.41, 5.74) is 0. The highest BCUT2D eigenvalue weighted by Crippen LogP contribution is 2.10. The average molecular weight is 228 g/mol. The molecule has 0 aromatic heterocycles. The van der Waals surface area contributed by atoms with Crippen LogP contribution in [0, 0.1) is 5.92 Å². The average Bonchev–Trinajstić information content (AvgIpc) is 2.21. The second-order valence-corrected chi connectivity index (χ2v) is 4.97. The van der Waals surface area contributed by atoms with E-state index in [2.05, 4.69) is 26.0 Å². The van der Waals surface area contributed by atoms with Crippen molar-refractivity contribution in [1.82, 2.24) is 0 Å². The lowest BCUT2D eigenvalue weighted by Crippen LogP contribution is -2.09. The van der Waals surface area contributed by atoms with Gasteiger partial charge in [0, 0.05) is 0 Å². The van der Waals surface area contributed by atoms with Crippen molar-refractivity contribution in [2.75, 3.05) is 0 Å². The summed E-state index contributed by atoms with van der Waals surface area (Å²) in [5, 5.41) is 19.0. The molecule has 0 aliphatic heterocycles. The van der Waals surface area contributed by atoms with Crippen molar-refractivity contribution >= 4 is 0 Å². The van der Waals surface area contributed by atoms with Crippen LogP contribution in [0.1, 0.15) is 59.3 Å². The first-order valence-electron chi connectivity index (χ1n) is 6.57. The lowest BCUT2D eigenvalue weighted by atomic mass is 10.0. The van der Waals surface area contributed by atoms with Crippen LogP contribution in [0.15, 0.2) is 12.2 Å². The van der Waals surface area contributed by atoms with E-state index in [1.807, 2.05) is 6.92 Å². The van der Waals surface area contributed by atoms with Crippen molar-refractivity contribution in [3.63, 3.8) is 0 Å². The van der Waals surface area contributed by atoms with Gasteiger partial charge in [-0.3, -0.25) is 0 Å². The number of allylic oxidation sites excluding steroid dienone is 2. The molecule has 0 radical (unpaired) electrons. The van der Waals surface area contributed by atoms with E-state index in [0.29, 0.717) is 5.92 Å². The zero-order valence-electron chi connectivity index (χ0n) is 11.0. The van der Waals surface area contributed by atoms with Crippen molar-refractivity contribution in [2.24, 2.45) is 5.92 Å². The number of hydrogen-bond donors (Lipinski definition) is 2. The monoisotopic (exact) mass is 228 g/mol. The first kappa shape index (κ1) is 15.7. The molecule has 16 heavy (non-hydrogen) atoms. The van der Waals surface area contributed by atoms with Crippen molar-refractivity contribution in [3.8, 4) is 0 Å². The number of rotatable bonds is 9. The van der Waals surface area contributed by atoms with Crippen LogP contribution in [0.4, 0.5) is 0 Å². The minimum absolute atomic E-state index is 0.156. The molecular weight excluding hydrogens is 200 g/mol. The van der Waals surface area contributed by atoms with Crippen LogP contribution in [0.2, 0.25) is 0 Å². The number of aliphatic hydroxyl groups excluding tert-OH is 2. The third-order valence-electron chi connectivity index (χ3n) is 2.71. The molecule has 2 nitrogen and oxygen atoms in total. The van der Waals surface area contributed by atoms with Crippen molar-refractivity contribution in [1.29, 1.82) is 0 Å². The Morgan fingerprint density at radius 2 is 1.44 bits per heavy atom. The molecule has 0 aliphatic carbocycles. The van der Waals surface area contributed by atoms with E-state index in [-0.39, 0.29) is 12.2 Å². The maximum Gasteiger partial charge on any atom is 0.0545 e. The standard InChI is InChI=1S/C14H28O2/c1-4-13(15)9-7-5-6-8-10-14(16)11-12(2)3/h5-6,12-16H,4,7-11H2,1-3H3/b6-5+. The molecule has 2 unspecified atom stereocenters. The second kappa shape index (κ2) is 9.86. The summed E-state index contributed by atoms with van der Waals surface area (Å²) in [6.07, 6.45) is 9.22. The molecule has 0 aromatic carbocycles. The van der Waals surface area contributed by atoms with Crippen LogP contribution in [-0.2, 0) is 0 Å². The maximum atomic E-state index is 9.63. The molecule has 2 atom stereocenters. The summed E-state index contributed by atoms with van der Waals surface area (Å²) in [6, 6.07) is 0. The molecule has 0 saturated carbocycles. The fraction of sp³-hybridized carbons (Fsp3) is 0.857. The fourth-order valence-electron chi connectivity index (χ4n) is 1.68. The number of aliphatic hydroxyl groups is 2. The van der Waals surface area contributed by atoms with Gasteiger partial charge >= 0.3 is 0 Å². The lowest BCUT2D eigenvalue weighted by Gasteiger charge is -2.11. The predicted octanol–water partition coefficient (Wildman–Crippen LogP) is 3.28. The first-order valence-corrected chi connectivity index (χ1v) is 6.57. The van der Waals surface area contributed by atoms with Gasteiger partial charge in [0.2, 0.25) is 0 Å². The highest BCUT2D eigenvalue weighted by atomic mass is 16.3. The Morgan fingerprint density at radius 1 is 0.938 bits per heavy atom. The van der Waals surface area contributed by atoms with Crippen LogP contribution >= 0.6 is 0 Å². The highest BCUT2D eigenvalue weighted by molar-refractivity contribution is 4.83. The van der Waals surface area contributed by atoms with Gasteiger partial charge < -0.3 is 10.2 Å². The van der Waals surface area contributed by atoms with Gasteiger partial charge in [-0.1, -0.05) is 32.9 Å². The summed E-state index contributed by atoms with van der Waals surface area (Å²) in [4.78, 5) is 0. The van der Waals surface area contributed by atoms with Crippen molar-refractivity contribution in [3.05, 3.63) is 12.2 Å². The highest BCUT2D eigenvalue weighted by Gasteiger charge is 2.04. The molecule has 2 heteroatoms. The molecular formula is C14H28O2. The minimum Gasteiger partial charge on any atom is -0.393 e. The molecule has 2 N–H and O–H groups in total. The van der Waals surface area contributed by atoms with Gasteiger partial charge in [0.1, 0.15) is 0 Å². The third kappa shape index (κ3) is 10.2. The molecule has 0 saturated heterocycles. The smallest absolute Gasteiger partial charge is 0.0545 e. The Bertz CT molecular complexity index is 176. The van der Waals surface area contributed by atoms with E-state index in [1.165, 1.54) is 0 Å². The topological polar surface area (TPSA) is 40.5 Å². The van der Waals surface area contributed by atoms with E-state index in [0.717, 1.165) is 38.5 Å².